The van der Waals surface area contributed by atoms with Crippen molar-refractivity contribution in [1.82, 2.24) is 4.57 Å². The summed E-state index contributed by atoms with van der Waals surface area (Å²) in [5.74, 6) is -3.10. The van der Waals surface area contributed by atoms with Crippen LogP contribution in [0.15, 0.2) is 23.1 Å². The number of anilines is 2. The van der Waals surface area contributed by atoms with Crippen LogP contribution in [0.25, 0.3) is 10.9 Å². The molecular formula is C21H22F2N4O3. The van der Waals surface area contributed by atoms with Gasteiger partial charge in [0.1, 0.15) is 11.3 Å². The molecule has 3 aliphatic rings. The summed E-state index contributed by atoms with van der Waals surface area (Å²) in [6.07, 6.45) is 7.29. The molecule has 3 atom stereocenters. The molecule has 0 radical (unpaired) electrons. The fourth-order valence-corrected chi connectivity index (χ4v) is 4.94. The van der Waals surface area contributed by atoms with Crippen molar-refractivity contribution in [2.45, 2.75) is 31.3 Å². The van der Waals surface area contributed by atoms with Crippen LogP contribution in [-0.4, -0.2) is 34.8 Å². The maximum atomic E-state index is 15.8. The van der Waals surface area contributed by atoms with Crippen molar-refractivity contribution in [3.05, 3.63) is 45.8 Å². The van der Waals surface area contributed by atoms with Gasteiger partial charge in [0.2, 0.25) is 5.43 Å². The van der Waals surface area contributed by atoms with E-state index in [2.05, 4.69) is 0 Å². The third kappa shape index (κ3) is 2.64. The summed E-state index contributed by atoms with van der Waals surface area (Å²) in [6.45, 7) is 0.818. The molecule has 0 spiro atoms. The average molecular weight is 416 g/mol. The minimum absolute atomic E-state index is 0.0748. The summed E-state index contributed by atoms with van der Waals surface area (Å²) in [7, 11) is 0. The second-order valence-electron chi connectivity index (χ2n) is 8.50. The van der Waals surface area contributed by atoms with Crippen LogP contribution >= 0.6 is 0 Å². The Kier molecular flexibility index (Phi) is 4.15. The predicted molar refractivity (Wildman–Crippen MR) is 109 cm³/mol. The summed E-state index contributed by atoms with van der Waals surface area (Å²) < 4.78 is 32.6. The number of carboxylic acid groups (broad SMARTS) is 1. The van der Waals surface area contributed by atoms with Crippen LogP contribution < -0.4 is 21.8 Å². The third-order valence-corrected chi connectivity index (χ3v) is 6.63. The first kappa shape index (κ1) is 19.0. The standard InChI is InChI=1S/C21H22F2N4O3/c22-15-17(25)14-18(27(10-4-5-10)8-12(20(14)28)21(29)30)16(23)19(15)26-6-9-2-1-3-13(24)11(9)7-26/h1,3,8-11,13H,2,4-7,24-25H2,(H,29,30)/t9-,11+,13-/m1/s1. The van der Waals surface area contributed by atoms with Crippen LogP contribution in [0.5, 0.6) is 0 Å². The monoisotopic (exact) mass is 416 g/mol. The van der Waals surface area contributed by atoms with Gasteiger partial charge < -0.3 is 26.0 Å². The SMILES string of the molecule is Nc1c(F)c(N2C[C@H]3CC=C[C@@H](N)[C@H]3C2)c(F)c2c1c(=O)c(C(=O)O)cn2C1CC1. The molecule has 1 saturated heterocycles. The number of pyridine rings is 1. The molecule has 30 heavy (non-hydrogen) atoms. The van der Waals surface area contributed by atoms with E-state index in [1.54, 1.807) is 4.90 Å². The molecule has 0 bridgehead atoms. The number of hydrogen-bond acceptors (Lipinski definition) is 5. The molecule has 7 nitrogen and oxygen atoms in total. The van der Waals surface area contributed by atoms with Gasteiger partial charge in [0.15, 0.2) is 11.6 Å². The zero-order valence-electron chi connectivity index (χ0n) is 16.1. The van der Waals surface area contributed by atoms with Crippen LogP contribution in [0.1, 0.15) is 35.7 Å². The fraction of sp³-hybridized carbons (Fsp3) is 0.429. The molecule has 5 N–H and O–H groups in total. The number of hydrogen-bond donors (Lipinski definition) is 3. The van der Waals surface area contributed by atoms with Crippen LogP contribution in [0, 0.1) is 23.5 Å². The molecule has 0 amide bonds. The van der Waals surface area contributed by atoms with Gasteiger partial charge in [-0.25, -0.2) is 13.6 Å². The Balaban J connectivity index is 1.74. The molecule has 2 fully saturated rings. The summed E-state index contributed by atoms with van der Waals surface area (Å²) in [5.41, 5.74) is 9.72. The molecule has 158 valence electrons. The van der Waals surface area contributed by atoms with E-state index in [0.717, 1.165) is 25.5 Å². The largest absolute Gasteiger partial charge is 0.477 e. The first-order valence-electron chi connectivity index (χ1n) is 10.0. The quantitative estimate of drug-likeness (QED) is 0.522. The Labute approximate surface area is 170 Å². The van der Waals surface area contributed by atoms with Crippen molar-refractivity contribution >= 4 is 28.2 Å². The zero-order chi connectivity index (χ0) is 21.3. The van der Waals surface area contributed by atoms with Crippen LogP contribution in [0.2, 0.25) is 0 Å². The minimum atomic E-state index is -1.45. The van der Waals surface area contributed by atoms with Crippen molar-refractivity contribution < 1.29 is 18.7 Å². The van der Waals surface area contributed by atoms with E-state index in [0.29, 0.717) is 13.1 Å². The van der Waals surface area contributed by atoms with Gasteiger partial charge in [-0.3, -0.25) is 4.79 Å². The number of carbonyl (C=O) groups is 1. The number of benzene rings is 1. The molecule has 2 aromatic rings. The van der Waals surface area contributed by atoms with E-state index >= 15 is 8.78 Å². The van der Waals surface area contributed by atoms with E-state index in [1.165, 1.54) is 4.57 Å². The Morgan fingerprint density at radius 2 is 1.93 bits per heavy atom. The molecule has 5 rings (SSSR count). The number of aromatic nitrogens is 1. The number of allylic oxidation sites excluding steroid dienone is 1. The van der Waals surface area contributed by atoms with E-state index in [9.17, 15) is 14.7 Å². The van der Waals surface area contributed by atoms with E-state index in [1.807, 2.05) is 12.2 Å². The average Bonchev–Trinajstić information content (AvgIpc) is 3.45. The van der Waals surface area contributed by atoms with E-state index in [-0.39, 0.29) is 35.1 Å². The van der Waals surface area contributed by atoms with Crippen molar-refractivity contribution in [1.29, 1.82) is 0 Å². The van der Waals surface area contributed by atoms with Gasteiger partial charge in [-0.2, -0.15) is 0 Å². The smallest absolute Gasteiger partial charge is 0.341 e. The number of carboxylic acids is 1. The Morgan fingerprint density at radius 1 is 1.20 bits per heavy atom. The van der Waals surface area contributed by atoms with Crippen LogP contribution in [0.3, 0.4) is 0 Å². The summed E-state index contributed by atoms with van der Waals surface area (Å²) >= 11 is 0. The first-order valence-corrected chi connectivity index (χ1v) is 10.0. The molecule has 1 saturated carbocycles. The Bertz CT molecular complexity index is 1170. The van der Waals surface area contributed by atoms with Crippen molar-refractivity contribution in [3.8, 4) is 0 Å². The number of aromatic carboxylic acids is 1. The van der Waals surface area contributed by atoms with Crippen molar-refractivity contribution in [2.24, 2.45) is 17.6 Å². The zero-order valence-corrected chi connectivity index (χ0v) is 16.1. The molecule has 0 unspecified atom stereocenters. The lowest BCUT2D eigenvalue weighted by atomic mass is 9.83. The second-order valence-corrected chi connectivity index (χ2v) is 8.50. The minimum Gasteiger partial charge on any atom is -0.477 e. The number of nitrogen functional groups attached to an aromatic ring is 1. The lowest BCUT2D eigenvalue weighted by molar-refractivity contribution is 0.0695. The lowest BCUT2D eigenvalue weighted by Gasteiger charge is -2.25. The fourth-order valence-electron chi connectivity index (χ4n) is 4.94. The predicted octanol–water partition coefficient (Wildman–Crippen LogP) is 2.23. The molecule has 9 heteroatoms. The van der Waals surface area contributed by atoms with Crippen molar-refractivity contribution in [3.63, 3.8) is 0 Å². The number of nitrogens with two attached hydrogens (primary N) is 2. The van der Waals surface area contributed by atoms with Gasteiger partial charge >= 0.3 is 5.97 Å². The lowest BCUT2D eigenvalue weighted by Crippen LogP contribution is -2.35. The highest BCUT2D eigenvalue weighted by molar-refractivity contribution is 5.99. The van der Waals surface area contributed by atoms with Gasteiger partial charge in [-0.1, -0.05) is 12.2 Å². The van der Waals surface area contributed by atoms with Gasteiger partial charge in [-0.05, 0) is 31.1 Å². The highest BCUT2D eigenvalue weighted by atomic mass is 19.1. The summed E-state index contributed by atoms with van der Waals surface area (Å²) in [4.78, 5) is 25.9. The molecule has 2 heterocycles. The Hall–Kier alpha value is -2.94. The number of fused-ring (bicyclic) bond motifs is 2. The molecule has 1 aromatic carbocycles. The summed E-state index contributed by atoms with van der Waals surface area (Å²) in [5, 5.41) is 8.98. The van der Waals surface area contributed by atoms with Gasteiger partial charge in [0, 0.05) is 31.4 Å². The van der Waals surface area contributed by atoms with Gasteiger partial charge in [0.05, 0.1) is 16.6 Å². The maximum Gasteiger partial charge on any atom is 0.341 e. The maximum absolute atomic E-state index is 15.8. The molecule has 2 aliphatic carbocycles. The van der Waals surface area contributed by atoms with E-state index in [4.69, 9.17) is 11.5 Å². The van der Waals surface area contributed by atoms with E-state index < -0.39 is 39.7 Å². The third-order valence-electron chi connectivity index (χ3n) is 6.63. The van der Waals surface area contributed by atoms with Crippen LogP contribution in [0.4, 0.5) is 20.2 Å². The molecule has 1 aliphatic heterocycles. The first-order chi connectivity index (χ1) is 14.3. The van der Waals surface area contributed by atoms with Crippen molar-refractivity contribution in [2.75, 3.05) is 23.7 Å². The topological polar surface area (TPSA) is 115 Å². The Morgan fingerprint density at radius 3 is 2.57 bits per heavy atom. The van der Waals surface area contributed by atoms with Gasteiger partial charge in [0.25, 0.3) is 0 Å². The van der Waals surface area contributed by atoms with Crippen LogP contribution in [-0.2, 0) is 0 Å². The number of rotatable bonds is 3. The molecule has 1 aromatic heterocycles. The number of halogens is 2. The highest BCUT2D eigenvalue weighted by Crippen LogP contribution is 2.43. The molecular weight excluding hydrogens is 394 g/mol. The highest BCUT2D eigenvalue weighted by Gasteiger charge is 2.40. The number of nitrogens with zero attached hydrogens (tertiary/aromatic N) is 2. The summed E-state index contributed by atoms with van der Waals surface area (Å²) in [6, 6.07) is -0.322. The van der Waals surface area contributed by atoms with Gasteiger partial charge in [-0.15, -0.1) is 0 Å². The second kappa shape index (κ2) is 6.53. The normalized spacial score (nSPS) is 25.7.